The minimum absolute atomic E-state index is 0.118. The van der Waals surface area contributed by atoms with Gasteiger partial charge in [-0.2, -0.15) is 5.26 Å². The molecule has 0 atom stereocenters. The topological polar surface area (TPSA) is 71.3 Å². The van der Waals surface area contributed by atoms with Crippen molar-refractivity contribution in [2.24, 2.45) is 0 Å². The number of hydrogen-bond acceptors (Lipinski definition) is 4. The maximum absolute atomic E-state index is 12.7. The molecular weight excluding hydrogens is 292 g/mol. The molecule has 0 spiro atoms. The van der Waals surface area contributed by atoms with Crippen molar-refractivity contribution in [1.29, 1.82) is 5.26 Å². The van der Waals surface area contributed by atoms with Crippen LogP contribution in [-0.2, 0) is 9.53 Å². The maximum Gasteiger partial charge on any atom is 0.256 e. The van der Waals surface area contributed by atoms with Gasteiger partial charge >= 0.3 is 0 Å². The van der Waals surface area contributed by atoms with E-state index in [1.54, 1.807) is 18.2 Å². The number of rotatable bonds is 6. The predicted molar refractivity (Wildman–Crippen MR) is 88.4 cm³/mol. The molecule has 1 aliphatic carbocycles. The SMILES string of the molecule is CCOc1ccc(NC(=O)C2(OCC)CCCCC2)cc1C#N. The van der Waals surface area contributed by atoms with E-state index < -0.39 is 5.60 Å². The first-order chi connectivity index (χ1) is 11.1. The summed E-state index contributed by atoms with van der Waals surface area (Å²) in [5, 5.41) is 12.1. The molecule has 124 valence electrons. The number of anilines is 1. The molecule has 0 heterocycles. The zero-order valence-corrected chi connectivity index (χ0v) is 13.9. The number of amides is 1. The van der Waals surface area contributed by atoms with Gasteiger partial charge in [-0.05, 0) is 44.9 Å². The average Bonchev–Trinajstić information content (AvgIpc) is 2.57. The van der Waals surface area contributed by atoms with Gasteiger partial charge in [0, 0.05) is 12.3 Å². The van der Waals surface area contributed by atoms with Crippen LogP contribution in [0.15, 0.2) is 18.2 Å². The second-order valence-corrected chi connectivity index (χ2v) is 5.70. The van der Waals surface area contributed by atoms with Crippen molar-refractivity contribution in [3.8, 4) is 11.8 Å². The van der Waals surface area contributed by atoms with Crippen LogP contribution in [0.1, 0.15) is 51.5 Å². The summed E-state index contributed by atoms with van der Waals surface area (Å²) in [6, 6.07) is 7.22. The Labute approximate surface area is 137 Å². The van der Waals surface area contributed by atoms with Crippen LogP contribution in [0.3, 0.4) is 0 Å². The number of carbonyl (C=O) groups is 1. The van der Waals surface area contributed by atoms with Crippen LogP contribution in [0, 0.1) is 11.3 Å². The number of nitrogens with zero attached hydrogens (tertiary/aromatic N) is 1. The minimum Gasteiger partial charge on any atom is -0.492 e. The van der Waals surface area contributed by atoms with Gasteiger partial charge in [0.05, 0.1) is 12.2 Å². The zero-order valence-electron chi connectivity index (χ0n) is 13.9. The first kappa shape index (κ1) is 17.3. The van der Waals surface area contributed by atoms with Crippen molar-refractivity contribution in [3.63, 3.8) is 0 Å². The van der Waals surface area contributed by atoms with Crippen molar-refractivity contribution in [2.75, 3.05) is 18.5 Å². The normalized spacial score (nSPS) is 16.4. The molecule has 0 radical (unpaired) electrons. The molecule has 0 unspecified atom stereocenters. The summed E-state index contributed by atoms with van der Waals surface area (Å²) in [6.45, 7) is 4.79. The Balaban J connectivity index is 2.16. The van der Waals surface area contributed by atoms with Crippen LogP contribution < -0.4 is 10.1 Å². The number of nitriles is 1. The van der Waals surface area contributed by atoms with Gasteiger partial charge in [-0.25, -0.2) is 0 Å². The van der Waals surface area contributed by atoms with Crippen molar-refractivity contribution in [3.05, 3.63) is 23.8 Å². The third-order valence-electron chi connectivity index (χ3n) is 4.15. The summed E-state index contributed by atoms with van der Waals surface area (Å²) in [5.74, 6) is 0.414. The Bertz CT molecular complexity index is 581. The summed E-state index contributed by atoms with van der Waals surface area (Å²) >= 11 is 0. The van der Waals surface area contributed by atoms with Crippen LogP contribution in [0.4, 0.5) is 5.69 Å². The van der Waals surface area contributed by atoms with E-state index in [9.17, 15) is 10.1 Å². The standard InChI is InChI=1S/C18H24N2O3/c1-3-22-16-9-8-15(12-14(16)13-19)20-17(21)18(23-4-2)10-6-5-7-11-18/h8-9,12H,3-7,10-11H2,1-2H3,(H,20,21). The lowest BCUT2D eigenvalue weighted by molar-refractivity contribution is -0.145. The zero-order chi connectivity index (χ0) is 16.7. The van der Waals surface area contributed by atoms with E-state index in [0.29, 0.717) is 30.2 Å². The molecular formula is C18H24N2O3. The van der Waals surface area contributed by atoms with Crippen LogP contribution in [0.25, 0.3) is 0 Å². The summed E-state index contributed by atoms with van der Waals surface area (Å²) in [5.41, 5.74) is 0.275. The molecule has 0 aromatic heterocycles. The third kappa shape index (κ3) is 4.02. The molecule has 1 N–H and O–H groups in total. The number of hydrogen-bond donors (Lipinski definition) is 1. The second-order valence-electron chi connectivity index (χ2n) is 5.70. The fraction of sp³-hybridized carbons (Fsp3) is 0.556. The molecule has 1 saturated carbocycles. The van der Waals surface area contributed by atoms with E-state index >= 15 is 0 Å². The van der Waals surface area contributed by atoms with E-state index in [0.717, 1.165) is 32.1 Å². The van der Waals surface area contributed by atoms with E-state index in [1.165, 1.54) is 0 Å². The molecule has 5 heteroatoms. The van der Waals surface area contributed by atoms with Crippen molar-refractivity contribution >= 4 is 11.6 Å². The molecule has 5 nitrogen and oxygen atoms in total. The van der Waals surface area contributed by atoms with Crippen molar-refractivity contribution in [1.82, 2.24) is 0 Å². The third-order valence-corrected chi connectivity index (χ3v) is 4.15. The van der Waals surface area contributed by atoms with Gasteiger partial charge in [0.15, 0.2) is 0 Å². The highest BCUT2D eigenvalue weighted by Crippen LogP contribution is 2.33. The van der Waals surface area contributed by atoms with Gasteiger partial charge in [0.1, 0.15) is 17.4 Å². The van der Waals surface area contributed by atoms with Crippen LogP contribution >= 0.6 is 0 Å². The summed E-state index contributed by atoms with van der Waals surface area (Å²) < 4.78 is 11.2. The van der Waals surface area contributed by atoms with Gasteiger partial charge < -0.3 is 14.8 Å². The minimum atomic E-state index is -0.738. The van der Waals surface area contributed by atoms with Crippen LogP contribution in [0.2, 0.25) is 0 Å². The van der Waals surface area contributed by atoms with E-state index in [-0.39, 0.29) is 5.91 Å². The fourth-order valence-corrected chi connectivity index (χ4v) is 3.06. The smallest absolute Gasteiger partial charge is 0.256 e. The van der Waals surface area contributed by atoms with Gasteiger partial charge in [0.25, 0.3) is 5.91 Å². The first-order valence-corrected chi connectivity index (χ1v) is 8.27. The number of benzene rings is 1. The Morgan fingerprint density at radius 2 is 2.00 bits per heavy atom. The van der Waals surface area contributed by atoms with Gasteiger partial charge in [-0.1, -0.05) is 19.3 Å². The van der Waals surface area contributed by atoms with E-state index in [4.69, 9.17) is 9.47 Å². The van der Waals surface area contributed by atoms with Gasteiger partial charge in [-0.15, -0.1) is 0 Å². The number of nitrogens with one attached hydrogen (secondary N) is 1. The monoisotopic (exact) mass is 316 g/mol. The molecule has 23 heavy (non-hydrogen) atoms. The highest BCUT2D eigenvalue weighted by atomic mass is 16.5. The lowest BCUT2D eigenvalue weighted by Gasteiger charge is -2.35. The number of carbonyl (C=O) groups excluding carboxylic acids is 1. The quantitative estimate of drug-likeness (QED) is 0.870. The lowest BCUT2D eigenvalue weighted by Crippen LogP contribution is -2.47. The molecule has 1 amide bonds. The van der Waals surface area contributed by atoms with E-state index in [1.807, 2.05) is 13.8 Å². The Morgan fingerprint density at radius 1 is 1.26 bits per heavy atom. The second kappa shape index (κ2) is 7.98. The molecule has 0 aliphatic heterocycles. The van der Waals surface area contributed by atoms with Crippen LogP contribution in [0.5, 0.6) is 5.75 Å². The summed E-state index contributed by atoms with van der Waals surface area (Å²) in [6.07, 6.45) is 4.63. The molecule has 0 bridgehead atoms. The predicted octanol–water partition coefficient (Wildman–Crippen LogP) is 3.63. The van der Waals surface area contributed by atoms with Crippen LogP contribution in [-0.4, -0.2) is 24.7 Å². The molecule has 0 saturated heterocycles. The lowest BCUT2D eigenvalue weighted by atomic mass is 9.83. The van der Waals surface area contributed by atoms with Gasteiger partial charge in [0.2, 0.25) is 0 Å². The average molecular weight is 316 g/mol. The summed E-state index contributed by atoms with van der Waals surface area (Å²) in [4.78, 5) is 12.7. The first-order valence-electron chi connectivity index (χ1n) is 8.27. The highest BCUT2D eigenvalue weighted by molar-refractivity contribution is 5.97. The molecule has 1 aromatic rings. The van der Waals surface area contributed by atoms with Gasteiger partial charge in [-0.3, -0.25) is 4.79 Å². The Morgan fingerprint density at radius 3 is 2.61 bits per heavy atom. The molecule has 1 aliphatic rings. The van der Waals surface area contributed by atoms with Crippen molar-refractivity contribution < 1.29 is 14.3 Å². The highest BCUT2D eigenvalue weighted by Gasteiger charge is 2.40. The van der Waals surface area contributed by atoms with Crippen molar-refractivity contribution in [2.45, 2.75) is 51.6 Å². The Kier molecular flexibility index (Phi) is 6.00. The number of ether oxygens (including phenoxy) is 2. The summed E-state index contributed by atoms with van der Waals surface area (Å²) in [7, 11) is 0. The molecule has 1 aromatic carbocycles. The fourth-order valence-electron chi connectivity index (χ4n) is 3.06. The Hall–Kier alpha value is -2.06. The molecule has 1 fully saturated rings. The van der Waals surface area contributed by atoms with E-state index in [2.05, 4.69) is 11.4 Å². The maximum atomic E-state index is 12.7. The largest absolute Gasteiger partial charge is 0.492 e. The molecule has 2 rings (SSSR count).